The third kappa shape index (κ3) is 9.54. The van der Waals surface area contributed by atoms with Crippen LogP contribution in [0.15, 0.2) is 6.08 Å². The average Bonchev–Trinajstić information content (AvgIpc) is 2.03. The Kier molecular flexibility index (Phi) is 9.14. The van der Waals surface area contributed by atoms with Crippen LogP contribution in [0.4, 0.5) is 0 Å². The van der Waals surface area contributed by atoms with Gasteiger partial charge in [-0.05, 0) is 12.8 Å². The van der Waals surface area contributed by atoms with Crippen molar-refractivity contribution in [2.24, 2.45) is 0 Å². The van der Waals surface area contributed by atoms with E-state index in [9.17, 15) is 0 Å². The lowest BCUT2D eigenvalue weighted by Crippen LogP contribution is -1.91. The Hall–Kier alpha value is -0.460. The number of unbranched alkanes of at least 4 members (excludes halogenated alkanes) is 5. The highest BCUT2D eigenvalue weighted by Gasteiger charge is 1.85. The van der Waals surface area contributed by atoms with Gasteiger partial charge in [0.25, 0.3) is 0 Å². The first-order chi connectivity index (χ1) is 5.41. The summed E-state index contributed by atoms with van der Waals surface area (Å²) in [6.45, 7) is 2.24. The number of allylic oxidation sites excluding steroid dienone is 1. The first-order valence-corrected chi connectivity index (χ1v) is 4.65. The van der Waals surface area contributed by atoms with Crippen LogP contribution in [0.3, 0.4) is 0 Å². The van der Waals surface area contributed by atoms with Crippen LogP contribution in [0.2, 0.25) is 0 Å². The fourth-order valence-electron chi connectivity index (χ4n) is 1.02. The molecule has 1 radical (unpaired) electrons. The molecule has 1 nitrogen and oxygen atoms in total. The highest BCUT2D eigenvalue weighted by Crippen LogP contribution is 2.04. The summed E-state index contributed by atoms with van der Waals surface area (Å²) in [7, 11) is 1.88. The van der Waals surface area contributed by atoms with E-state index in [-0.39, 0.29) is 0 Å². The maximum Gasteiger partial charge on any atom is 0.0529 e. The summed E-state index contributed by atoms with van der Waals surface area (Å²) >= 11 is 0. The largest absolute Gasteiger partial charge is 0.387 e. The van der Waals surface area contributed by atoms with Gasteiger partial charge in [0.1, 0.15) is 0 Å². The van der Waals surface area contributed by atoms with Crippen molar-refractivity contribution in [2.75, 3.05) is 7.05 Å². The fourth-order valence-corrected chi connectivity index (χ4v) is 1.02. The molecule has 0 saturated carbocycles. The molecule has 0 aliphatic heterocycles. The Labute approximate surface area is 70.9 Å². The van der Waals surface area contributed by atoms with Crippen LogP contribution in [-0.2, 0) is 0 Å². The van der Waals surface area contributed by atoms with E-state index in [1.807, 2.05) is 7.05 Å². The van der Waals surface area contributed by atoms with Crippen LogP contribution in [0.1, 0.15) is 45.4 Å². The third-order valence-corrected chi connectivity index (χ3v) is 1.70. The fraction of sp³-hybridized carbons (Fsp3) is 0.800. The molecule has 0 aromatic heterocycles. The van der Waals surface area contributed by atoms with Gasteiger partial charge in [0, 0.05) is 7.05 Å². The van der Waals surface area contributed by atoms with Crippen LogP contribution in [0, 0.1) is 6.20 Å². The van der Waals surface area contributed by atoms with Gasteiger partial charge in [-0.1, -0.05) is 38.7 Å². The molecular weight excluding hydrogens is 134 g/mol. The first kappa shape index (κ1) is 10.5. The normalized spacial score (nSPS) is 10.7. The predicted octanol–water partition coefficient (Wildman–Crippen LogP) is 2.88. The van der Waals surface area contributed by atoms with Crippen molar-refractivity contribution in [1.82, 2.24) is 5.32 Å². The standard InChI is InChI=1S/C10H20N/c1-3-4-5-6-7-8-9-10-11-2/h9,11H,3-8H2,1-2H3. The van der Waals surface area contributed by atoms with E-state index in [1.54, 1.807) is 0 Å². The van der Waals surface area contributed by atoms with Crippen molar-refractivity contribution in [2.45, 2.75) is 45.4 Å². The van der Waals surface area contributed by atoms with Gasteiger partial charge in [0.15, 0.2) is 0 Å². The summed E-state index contributed by atoms with van der Waals surface area (Å²) < 4.78 is 0. The van der Waals surface area contributed by atoms with Gasteiger partial charge in [0.05, 0.1) is 6.20 Å². The van der Waals surface area contributed by atoms with E-state index in [4.69, 9.17) is 0 Å². The minimum Gasteiger partial charge on any atom is -0.387 e. The minimum absolute atomic E-state index is 1.17. The highest BCUT2D eigenvalue weighted by atomic mass is 14.8. The molecular formula is C10H20N. The molecule has 0 aromatic carbocycles. The molecule has 0 unspecified atom stereocenters. The molecule has 0 amide bonds. The van der Waals surface area contributed by atoms with Crippen molar-refractivity contribution in [3.63, 3.8) is 0 Å². The molecule has 11 heavy (non-hydrogen) atoms. The molecule has 0 atom stereocenters. The lowest BCUT2D eigenvalue weighted by atomic mass is 10.1. The monoisotopic (exact) mass is 154 g/mol. The molecule has 0 aliphatic rings. The van der Waals surface area contributed by atoms with Gasteiger partial charge in [-0.2, -0.15) is 0 Å². The molecule has 0 rings (SSSR count). The lowest BCUT2D eigenvalue weighted by Gasteiger charge is -1.95. The number of hydrogen-bond donors (Lipinski definition) is 1. The Balaban J connectivity index is 2.85. The molecule has 0 bridgehead atoms. The Bertz CT molecular complexity index is 86.9. The smallest absolute Gasteiger partial charge is 0.0529 e. The van der Waals surface area contributed by atoms with Crippen molar-refractivity contribution in [1.29, 1.82) is 0 Å². The van der Waals surface area contributed by atoms with Crippen LogP contribution in [-0.4, -0.2) is 7.05 Å². The molecule has 1 N–H and O–H groups in total. The summed E-state index contributed by atoms with van der Waals surface area (Å²) in [4.78, 5) is 0. The quantitative estimate of drug-likeness (QED) is 0.439. The first-order valence-electron chi connectivity index (χ1n) is 4.65. The Morgan fingerprint density at radius 1 is 1.18 bits per heavy atom. The Morgan fingerprint density at radius 2 is 1.91 bits per heavy atom. The molecule has 0 spiro atoms. The van der Waals surface area contributed by atoms with Gasteiger partial charge in [-0.15, -0.1) is 0 Å². The van der Waals surface area contributed by atoms with Crippen molar-refractivity contribution >= 4 is 0 Å². The second-order valence-electron chi connectivity index (χ2n) is 2.80. The van der Waals surface area contributed by atoms with Crippen LogP contribution in [0.25, 0.3) is 0 Å². The van der Waals surface area contributed by atoms with E-state index in [0.717, 1.165) is 0 Å². The van der Waals surface area contributed by atoms with Gasteiger partial charge < -0.3 is 5.32 Å². The van der Waals surface area contributed by atoms with E-state index in [1.165, 1.54) is 38.5 Å². The number of hydrogen-bond acceptors (Lipinski definition) is 1. The molecule has 1 heteroatoms. The number of rotatable bonds is 7. The van der Waals surface area contributed by atoms with E-state index < -0.39 is 0 Å². The van der Waals surface area contributed by atoms with Gasteiger partial charge in [-0.25, -0.2) is 0 Å². The van der Waals surface area contributed by atoms with Gasteiger partial charge in [0.2, 0.25) is 0 Å². The molecule has 0 aromatic rings. The predicted molar refractivity (Wildman–Crippen MR) is 50.2 cm³/mol. The lowest BCUT2D eigenvalue weighted by molar-refractivity contribution is 0.636. The molecule has 0 aliphatic carbocycles. The summed E-state index contributed by atoms with van der Waals surface area (Å²) in [6, 6.07) is 0. The molecule has 0 saturated heterocycles. The average molecular weight is 154 g/mol. The number of nitrogens with one attached hydrogen (secondary N) is 1. The maximum atomic E-state index is 2.96. The zero-order valence-corrected chi connectivity index (χ0v) is 7.82. The van der Waals surface area contributed by atoms with E-state index in [0.29, 0.717) is 0 Å². The highest BCUT2D eigenvalue weighted by molar-refractivity contribution is 4.69. The van der Waals surface area contributed by atoms with E-state index in [2.05, 4.69) is 24.5 Å². The summed E-state index contributed by atoms with van der Waals surface area (Å²) in [5.74, 6) is 0. The van der Waals surface area contributed by atoms with Gasteiger partial charge >= 0.3 is 0 Å². The maximum absolute atomic E-state index is 2.96. The van der Waals surface area contributed by atoms with E-state index >= 15 is 0 Å². The topological polar surface area (TPSA) is 12.0 Å². The van der Waals surface area contributed by atoms with Crippen molar-refractivity contribution in [3.05, 3.63) is 12.3 Å². The zero-order chi connectivity index (χ0) is 8.36. The molecule has 0 heterocycles. The third-order valence-electron chi connectivity index (χ3n) is 1.70. The van der Waals surface area contributed by atoms with Crippen molar-refractivity contribution < 1.29 is 0 Å². The SMILES string of the molecule is CCCCCCC/C=[C]\NC. The molecule has 0 fully saturated rings. The second kappa shape index (κ2) is 9.54. The zero-order valence-electron chi connectivity index (χ0n) is 7.82. The van der Waals surface area contributed by atoms with Crippen LogP contribution < -0.4 is 5.32 Å². The second-order valence-corrected chi connectivity index (χ2v) is 2.80. The summed E-state index contributed by atoms with van der Waals surface area (Å²) in [6.07, 6.45) is 13.0. The van der Waals surface area contributed by atoms with Crippen LogP contribution in [0.5, 0.6) is 0 Å². The minimum atomic E-state index is 1.17. The summed E-state index contributed by atoms with van der Waals surface area (Å²) in [5.41, 5.74) is 0. The molecule has 65 valence electrons. The van der Waals surface area contributed by atoms with Crippen LogP contribution >= 0.6 is 0 Å². The van der Waals surface area contributed by atoms with Crippen molar-refractivity contribution in [3.8, 4) is 0 Å². The summed E-state index contributed by atoms with van der Waals surface area (Å²) in [5, 5.41) is 2.86. The Morgan fingerprint density at radius 3 is 2.55 bits per heavy atom. The van der Waals surface area contributed by atoms with Gasteiger partial charge in [-0.3, -0.25) is 0 Å².